The number of sulfonamides is 1. The lowest BCUT2D eigenvalue weighted by atomic mass is 10.1. The zero-order valence-electron chi connectivity index (χ0n) is 16.2. The number of alkyl halides is 3. The van der Waals surface area contributed by atoms with Crippen molar-refractivity contribution in [2.75, 3.05) is 26.2 Å². The predicted octanol–water partition coefficient (Wildman–Crippen LogP) is 2.35. The van der Waals surface area contributed by atoms with Gasteiger partial charge in [-0.2, -0.15) is 17.5 Å². The number of benzene rings is 1. The van der Waals surface area contributed by atoms with Crippen molar-refractivity contribution in [3.05, 3.63) is 35.6 Å². The Hall–Kier alpha value is -1.19. The summed E-state index contributed by atoms with van der Waals surface area (Å²) in [6, 6.07) is 5.49. The van der Waals surface area contributed by atoms with Crippen LogP contribution in [0.25, 0.3) is 0 Å². The fraction of sp³-hybridized carbons (Fsp3) is 0.588. The van der Waals surface area contributed by atoms with E-state index in [0.29, 0.717) is 16.8 Å². The summed E-state index contributed by atoms with van der Waals surface area (Å²) >= 11 is 0. The third-order valence-electron chi connectivity index (χ3n) is 4.46. The summed E-state index contributed by atoms with van der Waals surface area (Å²) in [6.45, 7) is 1.64. The van der Waals surface area contributed by atoms with Gasteiger partial charge in [-0.3, -0.25) is 4.99 Å². The maximum Gasteiger partial charge on any atom is 0.511 e. The first-order valence-corrected chi connectivity index (χ1v) is 10.5. The van der Waals surface area contributed by atoms with Gasteiger partial charge in [-0.1, -0.05) is 18.2 Å². The minimum absolute atomic E-state index is 0. The third kappa shape index (κ3) is 6.92. The van der Waals surface area contributed by atoms with E-state index in [0.717, 1.165) is 0 Å². The molecular formula is C17H25F4IN4O3S. The average Bonchev–Trinajstić information content (AvgIpc) is 2.66. The van der Waals surface area contributed by atoms with Crippen molar-refractivity contribution in [2.24, 2.45) is 4.99 Å². The van der Waals surface area contributed by atoms with Crippen molar-refractivity contribution in [1.29, 1.82) is 0 Å². The Morgan fingerprint density at radius 2 is 1.90 bits per heavy atom. The molecule has 1 saturated heterocycles. The zero-order chi connectivity index (χ0) is 21.7. The Kier molecular flexibility index (Phi) is 10.2. The topological polar surface area (TPSA) is 94.0 Å². The van der Waals surface area contributed by atoms with E-state index >= 15 is 0 Å². The van der Waals surface area contributed by atoms with Gasteiger partial charge in [0, 0.05) is 31.2 Å². The Balaban J connectivity index is 0.00000450. The fourth-order valence-electron chi connectivity index (χ4n) is 2.92. The molecule has 0 saturated carbocycles. The summed E-state index contributed by atoms with van der Waals surface area (Å²) in [5, 5.41) is 16.1. The molecule has 0 aliphatic carbocycles. The van der Waals surface area contributed by atoms with Gasteiger partial charge in [0.25, 0.3) is 0 Å². The normalized spacial score (nSPS) is 17.9. The SMILES string of the molecule is CCNC(=NCC(O)c1ccccc1F)NC1CCN(S(=O)(=O)C(F)(F)F)CC1.I. The lowest BCUT2D eigenvalue weighted by Crippen LogP contribution is -2.51. The Morgan fingerprint density at radius 1 is 1.30 bits per heavy atom. The predicted molar refractivity (Wildman–Crippen MR) is 115 cm³/mol. The van der Waals surface area contributed by atoms with Gasteiger partial charge in [0.2, 0.25) is 0 Å². The first-order chi connectivity index (χ1) is 13.6. The van der Waals surface area contributed by atoms with Gasteiger partial charge < -0.3 is 15.7 Å². The standard InChI is InChI=1S/C17H24F4N4O3S.HI/c1-2-22-16(23-11-15(26)13-5-3-4-6-14(13)18)24-12-7-9-25(10-8-12)29(27,28)17(19,20)21;/h3-6,12,15,26H,2,7-11H2,1H3,(H2,22,23,24);1H. The van der Waals surface area contributed by atoms with Gasteiger partial charge in [0.15, 0.2) is 5.96 Å². The number of rotatable bonds is 6. The lowest BCUT2D eigenvalue weighted by Gasteiger charge is -2.32. The number of piperidine rings is 1. The summed E-state index contributed by atoms with van der Waals surface area (Å²) in [6.07, 6.45) is -0.837. The van der Waals surface area contributed by atoms with Crippen LogP contribution < -0.4 is 10.6 Å². The smallest absolute Gasteiger partial charge is 0.386 e. The molecule has 1 aliphatic rings. The number of aliphatic hydroxyl groups is 1. The molecule has 1 aliphatic heterocycles. The molecule has 2 rings (SSSR count). The van der Waals surface area contributed by atoms with E-state index in [1.165, 1.54) is 18.2 Å². The molecule has 7 nitrogen and oxygen atoms in total. The average molecular weight is 568 g/mol. The molecule has 1 aromatic carbocycles. The van der Waals surface area contributed by atoms with Crippen LogP contribution in [0.1, 0.15) is 31.4 Å². The second-order valence-corrected chi connectivity index (χ2v) is 8.45. The third-order valence-corrected chi connectivity index (χ3v) is 6.09. The van der Waals surface area contributed by atoms with Crippen molar-refractivity contribution >= 4 is 40.0 Å². The molecule has 172 valence electrons. The van der Waals surface area contributed by atoms with Crippen LogP contribution >= 0.6 is 24.0 Å². The molecule has 1 atom stereocenters. The van der Waals surface area contributed by atoms with E-state index < -0.39 is 27.5 Å². The molecule has 0 bridgehead atoms. The van der Waals surface area contributed by atoms with E-state index in [1.807, 2.05) is 6.92 Å². The van der Waals surface area contributed by atoms with Crippen LogP contribution in [-0.2, 0) is 10.0 Å². The highest BCUT2D eigenvalue weighted by Crippen LogP contribution is 2.29. The maximum atomic E-state index is 13.7. The summed E-state index contributed by atoms with van der Waals surface area (Å²) < 4.78 is 75.0. The Morgan fingerprint density at radius 3 is 2.43 bits per heavy atom. The Labute approximate surface area is 190 Å². The van der Waals surface area contributed by atoms with Crippen LogP contribution in [0.2, 0.25) is 0 Å². The largest absolute Gasteiger partial charge is 0.511 e. The molecule has 3 N–H and O–H groups in total. The van der Waals surface area contributed by atoms with E-state index in [1.54, 1.807) is 6.07 Å². The molecule has 0 radical (unpaired) electrons. The van der Waals surface area contributed by atoms with Gasteiger partial charge in [0.1, 0.15) is 11.9 Å². The van der Waals surface area contributed by atoms with E-state index in [9.17, 15) is 31.1 Å². The zero-order valence-corrected chi connectivity index (χ0v) is 19.3. The highest BCUT2D eigenvalue weighted by molar-refractivity contribution is 14.0. The number of guanidine groups is 1. The molecule has 1 heterocycles. The van der Waals surface area contributed by atoms with E-state index in [2.05, 4.69) is 15.6 Å². The summed E-state index contributed by atoms with van der Waals surface area (Å²) in [5.41, 5.74) is -5.20. The van der Waals surface area contributed by atoms with Crippen molar-refractivity contribution < 1.29 is 31.1 Å². The first-order valence-electron chi connectivity index (χ1n) is 9.10. The number of nitrogens with zero attached hydrogens (tertiary/aromatic N) is 2. The van der Waals surface area contributed by atoms with Gasteiger partial charge in [0.05, 0.1) is 6.54 Å². The maximum absolute atomic E-state index is 13.7. The first kappa shape index (κ1) is 26.8. The minimum atomic E-state index is -5.33. The number of aliphatic hydroxyl groups excluding tert-OH is 1. The van der Waals surface area contributed by atoms with Gasteiger partial charge in [-0.15, -0.1) is 24.0 Å². The molecule has 30 heavy (non-hydrogen) atoms. The Bertz CT molecular complexity index is 815. The van der Waals surface area contributed by atoms with Crippen LogP contribution in [0.4, 0.5) is 17.6 Å². The summed E-state index contributed by atoms with van der Waals surface area (Å²) in [7, 11) is -5.33. The quantitative estimate of drug-likeness (QED) is 0.212. The number of halogens is 5. The van der Waals surface area contributed by atoms with Crippen LogP contribution in [-0.4, -0.2) is 61.5 Å². The molecule has 1 unspecified atom stereocenters. The molecule has 1 aromatic rings. The van der Waals surface area contributed by atoms with Gasteiger partial charge in [-0.05, 0) is 25.8 Å². The fourth-order valence-corrected chi connectivity index (χ4v) is 3.91. The second kappa shape index (κ2) is 11.4. The number of hydrogen-bond donors (Lipinski definition) is 3. The lowest BCUT2D eigenvalue weighted by molar-refractivity contribution is -0.0494. The monoisotopic (exact) mass is 568 g/mol. The highest BCUT2D eigenvalue weighted by Gasteiger charge is 2.50. The van der Waals surface area contributed by atoms with Crippen molar-refractivity contribution in [2.45, 2.75) is 37.4 Å². The van der Waals surface area contributed by atoms with Gasteiger partial charge in [-0.25, -0.2) is 12.8 Å². The van der Waals surface area contributed by atoms with Crippen molar-refractivity contribution in [3.63, 3.8) is 0 Å². The summed E-state index contributed by atoms with van der Waals surface area (Å²) in [4.78, 5) is 4.20. The van der Waals surface area contributed by atoms with E-state index in [-0.39, 0.29) is 68.1 Å². The minimum Gasteiger partial charge on any atom is -0.386 e. The number of aliphatic imine (C=N–C) groups is 1. The van der Waals surface area contributed by atoms with Gasteiger partial charge >= 0.3 is 15.5 Å². The molecule has 0 aromatic heterocycles. The second-order valence-electron chi connectivity index (χ2n) is 6.53. The van der Waals surface area contributed by atoms with Crippen LogP contribution in [0.3, 0.4) is 0 Å². The molecule has 0 spiro atoms. The highest BCUT2D eigenvalue weighted by atomic mass is 127. The molecule has 13 heteroatoms. The number of nitrogens with one attached hydrogen (secondary N) is 2. The van der Waals surface area contributed by atoms with Crippen LogP contribution in [0, 0.1) is 5.82 Å². The van der Waals surface area contributed by atoms with Crippen LogP contribution in [0.5, 0.6) is 0 Å². The molecular weight excluding hydrogens is 543 g/mol. The number of hydrogen-bond acceptors (Lipinski definition) is 4. The van der Waals surface area contributed by atoms with E-state index in [4.69, 9.17) is 0 Å². The molecule has 1 fully saturated rings. The molecule has 0 amide bonds. The summed E-state index contributed by atoms with van der Waals surface area (Å²) in [5.74, 6) is -0.244. The van der Waals surface area contributed by atoms with Crippen LogP contribution in [0.15, 0.2) is 29.3 Å². The van der Waals surface area contributed by atoms with Crippen molar-refractivity contribution in [3.8, 4) is 0 Å². The van der Waals surface area contributed by atoms with Crippen molar-refractivity contribution in [1.82, 2.24) is 14.9 Å².